The van der Waals surface area contributed by atoms with Gasteiger partial charge in [0.2, 0.25) is 5.13 Å². The van der Waals surface area contributed by atoms with E-state index in [-0.39, 0.29) is 5.91 Å². The second kappa shape index (κ2) is 6.81. The smallest absolute Gasteiger partial charge is 0.257 e. The van der Waals surface area contributed by atoms with Crippen LogP contribution in [0, 0.1) is 13.8 Å². The molecule has 4 nitrogen and oxygen atoms in total. The quantitative estimate of drug-likeness (QED) is 0.859. The second-order valence-corrected chi connectivity index (χ2v) is 5.99. The molecule has 1 N–H and O–H groups in total. The van der Waals surface area contributed by atoms with Crippen molar-refractivity contribution in [3.05, 3.63) is 39.9 Å². The molecule has 0 radical (unpaired) electrons. The Kier molecular flexibility index (Phi) is 5.09. The highest BCUT2D eigenvalue weighted by Gasteiger charge is 2.10. The summed E-state index contributed by atoms with van der Waals surface area (Å²) < 4.78 is 0. The minimum atomic E-state index is -0.159. The van der Waals surface area contributed by atoms with Crippen molar-refractivity contribution in [3.8, 4) is 0 Å². The number of alkyl halides is 1. The van der Waals surface area contributed by atoms with Gasteiger partial charge in [-0.05, 0) is 43.5 Å². The van der Waals surface area contributed by atoms with Gasteiger partial charge < -0.3 is 0 Å². The van der Waals surface area contributed by atoms with Crippen molar-refractivity contribution < 1.29 is 4.79 Å². The average Bonchev–Trinajstić information content (AvgIpc) is 2.87. The second-order valence-electron chi connectivity index (χ2n) is 4.55. The molecule has 1 amide bonds. The van der Waals surface area contributed by atoms with Crippen LogP contribution in [0.3, 0.4) is 0 Å². The zero-order chi connectivity index (χ0) is 14.5. The minimum absolute atomic E-state index is 0.159. The number of hydrogen-bond donors (Lipinski definition) is 1. The number of aryl methyl sites for hydroxylation is 3. The molecule has 0 atom stereocenters. The molecule has 0 saturated carbocycles. The van der Waals surface area contributed by atoms with Crippen molar-refractivity contribution in [3.63, 3.8) is 0 Å². The maximum Gasteiger partial charge on any atom is 0.257 e. The predicted molar refractivity (Wildman–Crippen MR) is 82.8 cm³/mol. The van der Waals surface area contributed by atoms with Crippen LogP contribution in [0.25, 0.3) is 0 Å². The Balaban J connectivity index is 2.03. The van der Waals surface area contributed by atoms with E-state index >= 15 is 0 Å². The van der Waals surface area contributed by atoms with E-state index in [1.807, 2.05) is 32.0 Å². The van der Waals surface area contributed by atoms with Crippen LogP contribution in [-0.2, 0) is 6.42 Å². The van der Waals surface area contributed by atoms with Gasteiger partial charge in [0.05, 0.1) is 0 Å². The lowest BCUT2D eigenvalue weighted by molar-refractivity contribution is 0.102. The number of rotatable bonds is 5. The Labute approximate surface area is 127 Å². The van der Waals surface area contributed by atoms with Crippen molar-refractivity contribution in [2.45, 2.75) is 26.7 Å². The Hall–Kier alpha value is -1.46. The van der Waals surface area contributed by atoms with Gasteiger partial charge in [-0.3, -0.25) is 10.1 Å². The summed E-state index contributed by atoms with van der Waals surface area (Å²) in [5.74, 6) is 0.442. The van der Waals surface area contributed by atoms with E-state index in [1.165, 1.54) is 16.9 Å². The summed E-state index contributed by atoms with van der Waals surface area (Å²) in [6.07, 6.45) is 1.65. The summed E-state index contributed by atoms with van der Waals surface area (Å²) in [6, 6.07) is 5.63. The SMILES string of the molecule is Cc1ccc(C(=O)Nc2nnc(CCCCl)s2)cc1C. The highest BCUT2D eigenvalue weighted by atomic mass is 35.5. The van der Waals surface area contributed by atoms with E-state index in [9.17, 15) is 4.79 Å². The first-order valence-electron chi connectivity index (χ1n) is 6.37. The molecule has 2 rings (SSSR count). The highest BCUT2D eigenvalue weighted by molar-refractivity contribution is 7.15. The third-order valence-corrected chi connectivity index (χ3v) is 4.15. The Morgan fingerprint density at radius 1 is 1.30 bits per heavy atom. The first-order valence-corrected chi connectivity index (χ1v) is 7.72. The van der Waals surface area contributed by atoms with E-state index in [0.29, 0.717) is 16.6 Å². The molecule has 0 fully saturated rings. The lowest BCUT2D eigenvalue weighted by Gasteiger charge is -2.04. The number of benzene rings is 1. The molecule has 1 aromatic heterocycles. The number of amides is 1. The van der Waals surface area contributed by atoms with Crippen molar-refractivity contribution in [2.75, 3.05) is 11.2 Å². The van der Waals surface area contributed by atoms with Crippen LogP contribution in [0.4, 0.5) is 5.13 Å². The van der Waals surface area contributed by atoms with E-state index in [2.05, 4.69) is 15.5 Å². The van der Waals surface area contributed by atoms with Gasteiger partial charge in [-0.1, -0.05) is 17.4 Å². The van der Waals surface area contributed by atoms with Crippen LogP contribution in [0.2, 0.25) is 0 Å². The summed E-state index contributed by atoms with van der Waals surface area (Å²) in [7, 11) is 0. The van der Waals surface area contributed by atoms with Crippen LogP contribution in [-0.4, -0.2) is 22.0 Å². The van der Waals surface area contributed by atoms with Gasteiger partial charge in [-0.15, -0.1) is 21.8 Å². The zero-order valence-electron chi connectivity index (χ0n) is 11.4. The summed E-state index contributed by atoms with van der Waals surface area (Å²) in [5, 5.41) is 12.2. The zero-order valence-corrected chi connectivity index (χ0v) is 13.0. The lowest BCUT2D eigenvalue weighted by Crippen LogP contribution is -2.12. The molecule has 0 saturated heterocycles. The van der Waals surface area contributed by atoms with Crippen molar-refractivity contribution >= 4 is 34.0 Å². The van der Waals surface area contributed by atoms with Gasteiger partial charge in [-0.25, -0.2) is 0 Å². The normalized spacial score (nSPS) is 10.6. The largest absolute Gasteiger partial charge is 0.296 e. The van der Waals surface area contributed by atoms with Gasteiger partial charge in [-0.2, -0.15) is 0 Å². The fourth-order valence-electron chi connectivity index (χ4n) is 1.68. The van der Waals surface area contributed by atoms with E-state index < -0.39 is 0 Å². The standard InChI is InChI=1S/C14H16ClN3OS/c1-9-5-6-11(8-10(9)2)13(19)16-14-18-17-12(20-14)4-3-7-15/h5-6,8H,3-4,7H2,1-2H3,(H,16,18,19). The molecular formula is C14H16ClN3OS. The molecular weight excluding hydrogens is 294 g/mol. The third kappa shape index (κ3) is 3.77. The molecule has 0 spiro atoms. The summed E-state index contributed by atoms with van der Waals surface area (Å²) in [5.41, 5.74) is 2.89. The molecule has 1 aromatic carbocycles. The van der Waals surface area contributed by atoms with Crippen molar-refractivity contribution in [2.24, 2.45) is 0 Å². The van der Waals surface area contributed by atoms with E-state index in [0.717, 1.165) is 23.4 Å². The first-order chi connectivity index (χ1) is 9.60. The lowest BCUT2D eigenvalue weighted by atomic mass is 10.1. The molecule has 0 aliphatic heterocycles. The Morgan fingerprint density at radius 2 is 2.10 bits per heavy atom. The third-order valence-electron chi connectivity index (χ3n) is 2.98. The Morgan fingerprint density at radius 3 is 2.80 bits per heavy atom. The van der Waals surface area contributed by atoms with Crippen LogP contribution in [0.5, 0.6) is 0 Å². The topological polar surface area (TPSA) is 54.9 Å². The maximum absolute atomic E-state index is 12.1. The van der Waals surface area contributed by atoms with Gasteiger partial charge in [0.1, 0.15) is 5.01 Å². The van der Waals surface area contributed by atoms with E-state index in [4.69, 9.17) is 11.6 Å². The number of hydrogen-bond acceptors (Lipinski definition) is 4. The number of aromatic nitrogens is 2. The molecule has 0 aliphatic carbocycles. The number of carbonyl (C=O) groups excluding carboxylic acids is 1. The van der Waals surface area contributed by atoms with Crippen LogP contribution < -0.4 is 5.32 Å². The summed E-state index contributed by atoms with van der Waals surface area (Å²) >= 11 is 7.03. The first kappa shape index (κ1) is 14.9. The molecule has 0 bridgehead atoms. The molecule has 106 valence electrons. The molecule has 1 heterocycles. The fraction of sp³-hybridized carbons (Fsp3) is 0.357. The number of nitrogens with one attached hydrogen (secondary N) is 1. The minimum Gasteiger partial charge on any atom is -0.296 e. The van der Waals surface area contributed by atoms with Gasteiger partial charge in [0.15, 0.2) is 0 Å². The fourth-order valence-corrected chi connectivity index (χ4v) is 2.59. The van der Waals surface area contributed by atoms with Gasteiger partial charge in [0.25, 0.3) is 5.91 Å². The van der Waals surface area contributed by atoms with Crippen LogP contribution in [0.15, 0.2) is 18.2 Å². The van der Waals surface area contributed by atoms with Gasteiger partial charge in [0, 0.05) is 17.9 Å². The maximum atomic E-state index is 12.1. The molecule has 2 aromatic rings. The van der Waals surface area contributed by atoms with Crippen LogP contribution >= 0.6 is 22.9 Å². The van der Waals surface area contributed by atoms with Crippen molar-refractivity contribution in [1.82, 2.24) is 10.2 Å². The number of nitrogens with zero attached hydrogens (tertiary/aromatic N) is 2. The molecule has 20 heavy (non-hydrogen) atoms. The average molecular weight is 310 g/mol. The number of halogens is 1. The van der Waals surface area contributed by atoms with Crippen molar-refractivity contribution in [1.29, 1.82) is 0 Å². The monoisotopic (exact) mass is 309 g/mol. The van der Waals surface area contributed by atoms with E-state index in [1.54, 1.807) is 0 Å². The molecule has 0 aliphatic rings. The summed E-state index contributed by atoms with van der Waals surface area (Å²) in [6.45, 7) is 4.01. The summed E-state index contributed by atoms with van der Waals surface area (Å²) in [4.78, 5) is 12.1. The highest BCUT2D eigenvalue weighted by Crippen LogP contribution is 2.18. The number of carbonyl (C=O) groups is 1. The molecule has 0 unspecified atom stereocenters. The van der Waals surface area contributed by atoms with Crippen LogP contribution in [0.1, 0.15) is 32.9 Å². The molecule has 6 heteroatoms. The Bertz CT molecular complexity index is 612. The van der Waals surface area contributed by atoms with Gasteiger partial charge >= 0.3 is 0 Å². The number of anilines is 1. The predicted octanol–water partition coefficient (Wildman–Crippen LogP) is 3.58.